The summed E-state index contributed by atoms with van der Waals surface area (Å²) in [6, 6.07) is 9.20. The lowest BCUT2D eigenvalue weighted by Gasteiger charge is -2.23. The van der Waals surface area contributed by atoms with Crippen molar-refractivity contribution in [2.45, 2.75) is 14.7 Å². The van der Waals surface area contributed by atoms with Crippen molar-refractivity contribution in [2.75, 3.05) is 0 Å². The molecular weight excluding hydrogens is 362 g/mol. The maximum atomic E-state index is 13.6. The third kappa shape index (κ3) is 3.51. The second kappa shape index (κ2) is 6.84. The summed E-state index contributed by atoms with van der Waals surface area (Å²) in [7, 11) is -1.75. The monoisotopic (exact) mass is 372 g/mol. The highest BCUT2D eigenvalue weighted by Crippen LogP contribution is 2.51. The SMILES string of the molecule is Fc1ccc([SH](c2ccc(F)c(F)c2)c2ccc(F)c(F)c2)cc1F. The Kier molecular flexibility index (Phi) is 4.76. The van der Waals surface area contributed by atoms with Crippen LogP contribution >= 0.6 is 10.9 Å². The van der Waals surface area contributed by atoms with Crippen molar-refractivity contribution in [3.05, 3.63) is 89.5 Å². The van der Waals surface area contributed by atoms with Gasteiger partial charge in [0.05, 0.1) is 0 Å². The van der Waals surface area contributed by atoms with Crippen LogP contribution in [0.1, 0.15) is 0 Å². The van der Waals surface area contributed by atoms with Gasteiger partial charge in [-0.3, -0.25) is 0 Å². The number of hydrogen-bond donors (Lipinski definition) is 1. The molecule has 25 heavy (non-hydrogen) atoms. The van der Waals surface area contributed by atoms with Crippen LogP contribution < -0.4 is 0 Å². The molecular formula is C18H10F6S. The van der Waals surface area contributed by atoms with Crippen molar-refractivity contribution in [1.29, 1.82) is 0 Å². The van der Waals surface area contributed by atoms with E-state index in [0.717, 1.165) is 36.4 Å². The Balaban J connectivity index is 2.21. The molecule has 0 aliphatic carbocycles. The molecule has 0 unspecified atom stereocenters. The quantitative estimate of drug-likeness (QED) is 0.423. The minimum Gasteiger partial charge on any atom is -0.204 e. The normalized spacial score (nSPS) is 11.5. The highest BCUT2D eigenvalue weighted by Gasteiger charge is 2.18. The largest absolute Gasteiger partial charge is 0.204 e. The van der Waals surface area contributed by atoms with Crippen LogP contribution in [0.15, 0.2) is 69.3 Å². The average molecular weight is 372 g/mol. The van der Waals surface area contributed by atoms with Gasteiger partial charge in [-0.25, -0.2) is 26.3 Å². The molecule has 7 heteroatoms. The summed E-state index contributed by atoms with van der Waals surface area (Å²) in [5.74, 6) is -6.61. The van der Waals surface area contributed by atoms with E-state index in [2.05, 4.69) is 0 Å². The molecule has 3 aromatic rings. The molecule has 0 radical (unpaired) electrons. The van der Waals surface area contributed by atoms with Crippen LogP contribution in [-0.4, -0.2) is 0 Å². The van der Waals surface area contributed by atoms with Crippen LogP contribution in [0.25, 0.3) is 0 Å². The van der Waals surface area contributed by atoms with Gasteiger partial charge < -0.3 is 0 Å². The number of rotatable bonds is 3. The van der Waals surface area contributed by atoms with E-state index in [1.807, 2.05) is 0 Å². The molecule has 3 rings (SSSR count). The predicted molar refractivity (Wildman–Crippen MR) is 82.9 cm³/mol. The fourth-order valence-electron chi connectivity index (χ4n) is 2.32. The second-order valence-corrected chi connectivity index (χ2v) is 7.35. The van der Waals surface area contributed by atoms with E-state index in [9.17, 15) is 26.3 Å². The zero-order chi connectivity index (χ0) is 18.1. The van der Waals surface area contributed by atoms with Gasteiger partial charge in [-0.05, 0) is 69.3 Å². The highest BCUT2D eigenvalue weighted by molar-refractivity contribution is 8.17. The lowest BCUT2D eigenvalue weighted by atomic mass is 10.3. The Morgan fingerprint density at radius 1 is 0.400 bits per heavy atom. The maximum absolute atomic E-state index is 13.6. The van der Waals surface area contributed by atoms with Crippen LogP contribution in [0, 0.1) is 34.9 Å². The summed E-state index contributed by atoms with van der Waals surface area (Å²) >= 11 is 0. The smallest absolute Gasteiger partial charge is 0.159 e. The first-order valence-corrected chi connectivity index (χ1v) is 8.36. The predicted octanol–water partition coefficient (Wildman–Crippen LogP) is 6.00. The van der Waals surface area contributed by atoms with E-state index in [1.54, 1.807) is 0 Å². The van der Waals surface area contributed by atoms with Gasteiger partial charge in [0.25, 0.3) is 0 Å². The molecule has 0 saturated carbocycles. The Hall–Kier alpha value is -2.41. The number of halogens is 6. The summed E-state index contributed by atoms with van der Waals surface area (Å²) in [6.45, 7) is 0. The first-order chi connectivity index (χ1) is 11.9. The molecule has 0 nitrogen and oxygen atoms in total. The maximum Gasteiger partial charge on any atom is 0.159 e. The van der Waals surface area contributed by atoms with Gasteiger partial charge in [0.2, 0.25) is 0 Å². The lowest BCUT2D eigenvalue weighted by Crippen LogP contribution is -1.95. The van der Waals surface area contributed by atoms with E-state index in [0.29, 0.717) is 0 Å². The Morgan fingerprint density at radius 3 is 0.920 bits per heavy atom. The van der Waals surface area contributed by atoms with E-state index in [1.165, 1.54) is 18.2 Å². The number of thiol groups is 1. The molecule has 0 saturated heterocycles. The Morgan fingerprint density at radius 2 is 0.680 bits per heavy atom. The molecule has 130 valence electrons. The highest BCUT2D eigenvalue weighted by atomic mass is 32.2. The van der Waals surface area contributed by atoms with E-state index in [4.69, 9.17) is 0 Å². The summed E-state index contributed by atoms with van der Waals surface area (Å²) in [6.07, 6.45) is 0. The molecule has 0 bridgehead atoms. The number of hydrogen-bond acceptors (Lipinski definition) is 0. The molecule has 0 aliphatic rings. The average Bonchev–Trinajstić information content (AvgIpc) is 2.57. The lowest BCUT2D eigenvalue weighted by molar-refractivity contribution is 0.504. The van der Waals surface area contributed by atoms with E-state index in [-0.39, 0.29) is 14.7 Å². The van der Waals surface area contributed by atoms with Crippen molar-refractivity contribution >= 4 is 10.9 Å². The summed E-state index contributed by atoms with van der Waals surface area (Å²) < 4.78 is 80.5. The number of benzene rings is 3. The van der Waals surface area contributed by atoms with Crippen LogP contribution in [0.2, 0.25) is 0 Å². The third-order valence-electron chi connectivity index (χ3n) is 3.48. The molecule has 3 aromatic carbocycles. The zero-order valence-corrected chi connectivity index (χ0v) is 13.3. The van der Waals surface area contributed by atoms with Gasteiger partial charge in [0.15, 0.2) is 34.9 Å². The van der Waals surface area contributed by atoms with E-state index < -0.39 is 45.8 Å². The molecule has 0 amide bonds. The van der Waals surface area contributed by atoms with Crippen molar-refractivity contribution in [1.82, 2.24) is 0 Å². The molecule has 0 fully saturated rings. The molecule has 0 aliphatic heterocycles. The van der Waals surface area contributed by atoms with Crippen molar-refractivity contribution in [2.24, 2.45) is 0 Å². The molecule has 0 spiro atoms. The Bertz CT molecular complexity index is 818. The first-order valence-electron chi connectivity index (χ1n) is 7.02. The van der Waals surface area contributed by atoms with Gasteiger partial charge in [-0.2, -0.15) is 10.9 Å². The topological polar surface area (TPSA) is 0 Å². The minimum absolute atomic E-state index is 0.242. The van der Waals surface area contributed by atoms with Crippen LogP contribution in [0.5, 0.6) is 0 Å². The first kappa shape index (κ1) is 17.4. The third-order valence-corrected chi connectivity index (χ3v) is 5.87. The minimum atomic E-state index is -1.75. The van der Waals surface area contributed by atoms with Crippen molar-refractivity contribution < 1.29 is 26.3 Å². The fourth-order valence-corrected chi connectivity index (χ4v) is 4.61. The standard InChI is InChI=1S/C18H10F6S/c19-13-4-1-10(7-16(13)22)25(11-2-5-14(20)17(23)8-11)12-3-6-15(21)18(24)9-12/h1-9,25H. The fraction of sp³-hybridized carbons (Fsp3) is 0. The van der Waals surface area contributed by atoms with Gasteiger partial charge in [-0.1, -0.05) is 0 Å². The van der Waals surface area contributed by atoms with Crippen LogP contribution in [0.3, 0.4) is 0 Å². The van der Waals surface area contributed by atoms with Gasteiger partial charge >= 0.3 is 0 Å². The van der Waals surface area contributed by atoms with Crippen LogP contribution in [-0.2, 0) is 0 Å². The summed E-state index contributed by atoms with van der Waals surface area (Å²) in [4.78, 5) is 0.725. The van der Waals surface area contributed by atoms with Gasteiger partial charge in [0, 0.05) is 0 Å². The molecule has 0 aromatic heterocycles. The summed E-state index contributed by atoms with van der Waals surface area (Å²) in [5.41, 5.74) is 0. The summed E-state index contributed by atoms with van der Waals surface area (Å²) in [5, 5.41) is 0. The van der Waals surface area contributed by atoms with Crippen LogP contribution in [0.4, 0.5) is 26.3 Å². The molecule has 0 atom stereocenters. The Labute approximate surface area is 142 Å². The van der Waals surface area contributed by atoms with Crippen molar-refractivity contribution in [3.63, 3.8) is 0 Å². The van der Waals surface area contributed by atoms with Gasteiger partial charge in [-0.15, -0.1) is 0 Å². The second-order valence-electron chi connectivity index (χ2n) is 5.13. The van der Waals surface area contributed by atoms with E-state index >= 15 is 0 Å². The zero-order valence-electron chi connectivity index (χ0n) is 12.4. The van der Waals surface area contributed by atoms with Gasteiger partial charge in [0.1, 0.15) is 0 Å². The molecule has 0 N–H and O–H groups in total. The molecule has 0 heterocycles. The van der Waals surface area contributed by atoms with Crippen molar-refractivity contribution in [3.8, 4) is 0 Å².